The van der Waals surface area contributed by atoms with Gasteiger partial charge in [0.05, 0.1) is 11.3 Å². The van der Waals surface area contributed by atoms with Crippen molar-refractivity contribution in [3.63, 3.8) is 0 Å². The van der Waals surface area contributed by atoms with Gasteiger partial charge in [-0.15, -0.1) is 11.6 Å². The first kappa shape index (κ1) is 20.7. The van der Waals surface area contributed by atoms with E-state index in [1.54, 1.807) is 15.5 Å². The molecule has 1 N–H and O–H groups in total. The van der Waals surface area contributed by atoms with Crippen molar-refractivity contribution in [2.45, 2.75) is 51.3 Å². The van der Waals surface area contributed by atoms with Crippen LogP contribution in [0.4, 0.5) is 4.79 Å². The summed E-state index contributed by atoms with van der Waals surface area (Å²) in [6.07, 6.45) is 1.66. The molecule has 0 aliphatic carbocycles. The number of fused-ring (bicyclic) bond motifs is 1. The van der Waals surface area contributed by atoms with Crippen molar-refractivity contribution in [1.29, 1.82) is 0 Å². The van der Waals surface area contributed by atoms with E-state index in [4.69, 9.17) is 27.9 Å². The maximum atomic E-state index is 12.6. The van der Waals surface area contributed by atoms with Gasteiger partial charge in [0.2, 0.25) is 5.91 Å². The normalized spacial score (nSPS) is 17.2. The van der Waals surface area contributed by atoms with Gasteiger partial charge in [-0.2, -0.15) is 0 Å². The number of aromatic nitrogens is 3. The minimum absolute atomic E-state index is 0.0574. The molecule has 1 fully saturated rings. The van der Waals surface area contributed by atoms with E-state index in [-0.39, 0.29) is 30.5 Å². The molecule has 2 aromatic heterocycles. The highest BCUT2D eigenvalue weighted by Crippen LogP contribution is 2.24. The molecule has 10 heteroatoms. The minimum Gasteiger partial charge on any atom is -0.444 e. The highest BCUT2D eigenvalue weighted by molar-refractivity contribution is 6.34. The van der Waals surface area contributed by atoms with Crippen molar-refractivity contribution in [2.24, 2.45) is 0 Å². The molecule has 0 bridgehead atoms. The Kier molecular flexibility index (Phi) is 6.00. The number of amides is 2. The van der Waals surface area contributed by atoms with Gasteiger partial charge in [-0.25, -0.2) is 14.8 Å². The maximum absolute atomic E-state index is 12.6. The van der Waals surface area contributed by atoms with Gasteiger partial charge in [0.25, 0.3) is 0 Å². The lowest BCUT2D eigenvalue weighted by Gasteiger charge is -2.24. The Morgan fingerprint density at radius 3 is 2.79 bits per heavy atom. The Balaban J connectivity index is 1.63. The van der Waals surface area contributed by atoms with Gasteiger partial charge in [-0.05, 0) is 33.3 Å². The molecule has 2 amide bonds. The molecule has 2 aromatic rings. The van der Waals surface area contributed by atoms with E-state index < -0.39 is 5.60 Å². The van der Waals surface area contributed by atoms with Crippen LogP contribution in [-0.2, 0) is 22.0 Å². The first-order valence-electron chi connectivity index (χ1n) is 9.00. The topological polar surface area (TPSA) is 89.4 Å². The Morgan fingerprint density at radius 2 is 2.11 bits per heavy atom. The molecule has 0 unspecified atom stereocenters. The minimum atomic E-state index is -0.547. The highest BCUT2D eigenvalue weighted by Gasteiger charge is 2.30. The predicted octanol–water partition coefficient (Wildman–Crippen LogP) is 2.95. The molecule has 3 heterocycles. The van der Waals surface area contributed by atoms with Crippen LogP contribution < -0.4 is 5.32 Å². The Labute approximate surface area is 173 Å². The van der Waals surface area contributed by atoms with Crippen LogP contribution in [0.3, 0.4) is 0 Å². The molecule has 0 spiro atoms. The van der Waals surface area contributed by atoms with Crippen LogP contribution in [0.25, 0.3) is 11.0 Å². The number of nitrogens with one attached hydrogen (secondary N) is 1. The SMILES string of the molecule is CC(C)(C)OC(=O)N1CC[C@H](NC(=O)Cn2c(CCl)cc3c(Cl)ncnc32)C1. The molecule has 0 aromatic carbocycles. The summed E-state index contributed by atoms with van der Waals surface area (Å²) in [5.74, 6) is 0.0326. The summed E-state index contributed by atoms with van der Waals surface area (Å²) in [5.41, 5.74) is 0.748. The van der Waals surface area contributed by atoms with Crippen LogP contribution in [0.5, 0.6) is 0 Å². The molecular weight excluding hydrogens is 405 g/mol. The van der Waals surface area contributed by atoms with Crippen molar-refractivity contribution in [3.05, 3.63) is 23.2 Å². The largest absolute Gasteiger partial charge is 0.444 e. The van der Waals surface area contributed by atoms with Crippen molar-refractivity contribution >= 4 is 46.2 Å². The van der Waals surface area contributed by atoms with Gasteiger partial charge in [0.1, 0.15) is 29.3 Å². The van der Waals surface area contributed by atoms with Gasteiger partial charge in [0.15, 0.2) is 0 Å². The number of nitrogens with zero attached hydrogens (tertiary/aromatic N) is 4. The molecule has 28 heavy (non-hydrogen) atoms. The second-order valence-electron chi connectivity index (χ2n) is 7.74. The smallest absolute Gasteiger partial charge is 0.410 e. The van der Waals surface area contributed by atoms with E-state index in [1.807, 2.05) is 20.8 Å². The van der Waals surface area contributed by atoms with E-state index in [1.165, 1.54) is 6.33 Å². The van der Waals surface area contributed by atoms with E-state index in [2.05, 4.69) is 15.3 Å². The van der Waals surface area contributed by atoms with Gasteiger partial charge in [0, 0.05) is 24.8 Å². The fourth-order valence-electron chi connectivity index (χ4n) is 3.16. The lowest BCUT2D eigenvalue weighted by atomic mass is 10.2. The number of carbonyl (C=O) groups is 2. The zero-order valence-electron chi connectivity index (χ0n) is 16.0. The third kappa shape index (κ3) is 4.67. The number of hydrogen-bond donors (Lipinski definition) is 1. The van der Waals surface area contributed by atoms with Gasteiger partial charge in [-0.3, -0.25) is 4.79 Å². The van der Waals surface area contributed by atoms with E-state index >= 15 is 0 Å². The molecular formula is C18H23Cl2N5O3. The van der Waals surface area contributed by atoms with Crippen LogP contribution >= 0.6 is 23.2 Å². The van der Waals surface area contributed by atoms with Crippen molar-refractivity contribution < 1.29 is 14.3 Å². The molecule has 1 aliphatic heterocycles. The van der Waals surface area contributed by atoms with Crippen LogP contribution in [-0.4, -0.2) is 56.2 Å². The van der Waals surface area contributed by atoms with E-state index in [0.29, 0.717) is 35.7 Å². The van der Waals surface area contributed by atoms with E-state index in [9.17, 15) is 9.59 Å². The van der Waals surface area contributed by atoms with Gasteiger partial charge in [-0.1, -0.05) is 11.6 Å². The van der Waals surface area contributed by atoms with Crippen LogP contribution in [0.1, 0.15) is 32.9 Å². The monoisotopic (exact) mass is 427 g/mol. The summed E-state index contributed by atoms with van der Waals surface area (Å²) in [4.78, 5) is 34.5. The highest BCUT2D eigenvalue weighted by atomic mass is 35.5. The zero-order chi connectivity index (χ0) is 20.5. The second-order valence-corrected chi connectivity index (χ2v) is 8.36. The molecule has 0 radical (unpaired) electrons. The first-order valence-corrected chi connectivity index (χ1v) is 9.91. The number of halogens is 2. The molecule has 8 nitrogen and oxygen atoms in total. The molecule has 1 atom stereocenters. The van der Waals surface area contributed by atoms with E-state index in [0.717, 1.165) is 5.69 Å². The fraction of sp³-hybridized carbons (Fsp3) is 0.556. The Morgan fingerprint density at radius 1 is 1.36 bits per heavy atom. The predicted molar refractivity (Wildman–Crippen MR) is 106 cm³/mol. The molecule has 3 rings (SSSR count). The average molecular weight is 428 g/mol. The van der Waals surface area contributed by atoms with Crippen LogP contribution in [0, 0.1) is 0 Å². The van der Waals surface area contributed by atoms with Gasteiger partial charge >= 0.3 is 6.09 Å². The van der Waals surface area contributed by atoms with Gasteiger partial charge < -0.3 is 19.5 Å². The molecule has 152 valence electrons. The molecule has 0 saturated carbocycles. The number of carbonyl (C=O) groups excluding carboxylic acids is 2. The zero-order valence-corrected chi connectivity index (χ0v) is 17.5. The number of likely N-dealkylation sites (tertiary alicyclic amines) is 1. The summed E-state index contributed by atoms with van der Waals surface area (Å²) in [6.45, 7) is 6.50. The number of alkyl halides is 1. The van der Waals surface area contributed by atoms with Crippen molar-refractivity contribution in [2.75, 3.05) is 13.1 Å². The Bertz CT molecular complexity index is 893. The lowest BCUT2D eigenvalue weighted by Crippen LogP contribution is -2.41. The maximum Gasteiger partial charge on any atom is 0.410 e. The molecule has 1 saturated heterocycles. The standard InChI is InChI=1S/C18H23Cl2N5O3/c1-18(2,3)28-17(27)24-5-4-11(8-24)23-14(26)9-25-12(7-19)6-13-15(20)21-10-22-16(13)25/h6,10-11H,4-5,7-9H2,1-3H3,(H,23,26)/t11-/m0/s1. The number of hydrogen-bond acceptors (Lipinski definition) is 5. The summed E-state index contributed by atoms with van der Waals surface area (Å²) in [5, 5.41) is 3.94. The molecule has 1 aliphatic rings. The van der Waals surface area contributed by atoms with Crippen molar-refractivity contribution in [1.82, 2.24) is 24.8 Å². The quantitative estimate of drug-likeness (QED) is 0.598. The van der Waals surface area contributed by atoms with Crippen molar-refractivity contribution in [3.8, 4) is 0 Å². The van der Waals surface area contributed by atoms with Crippen LogP contribution in [0.15, 0.2) is 12.4 Å². The number of ether oxygens (including phenoxy) is 1. The third-order valence-corrected chi connectivity index (χ3v) is 4.95. The fourth-order valence-corrected chi connectivity index (χ4v) is 3.56. The number of rotatable bonds is 4. The van der Waals surface area contributed by atoms with Crippen LogP contribution in [0.2, 0.25) is 5.15 Å². The average Bonchev–Trinajstić information content (AvgIpc) is 3.19. The summed E-state index contributed by atoms with van der Waals surface area (Å²) < 4.78 is 7.11. The summed E-state index contributed by atoms with van der Waals surface area (Å²) in [7, 11) is 0. The first-order chi connectivity index (χ1) is 13.2. The summed E-state index contributed by atoms with van der Waals surface area (Å²) in [6, 6.07) is 1.66. The lowest BCUT2D eigenvalue weighted by molar-refractivity contribution is -0.122. The Hall–Kier alpha value is -2.06. The third-order valence-electron chi connectivity index (χ3n) is 4.37. The summed E-state index contributed by atoms with van der Waals surface area (Å²) >= 11 is 12.1. The second kappa shape index (κ2) is 8.13.